The summed E-state index contributed by atoms with van der Waals surface area (Å²) in [5, 5.41) is 3.54. The zero-order chi connectivity index (χ0) is 18.8. The van der Waals surface area contributed by atoms with E-state index in [-0.39, 0.29) is 0 Å². The Labute approximate surface area is 158 Å². The number of nitrogens with one attached hydrogen (secondary N) is 2. The number of hydrogen-bond acceptors (Lipinski definition) is 3. The summed E-state index contributed by atoms with van der Waals surface area (Å²) in [6.45, 7) is 17.0. The van der Waals surface area contributed by atoms with Crippen LogP contribution in [0, 0.1) is 16.7 Å². The number of thiol groups is 1. The van der Waals surface area contributed by atoms with Crippen LogP contribution in [-0.4, -0.2) is 16.5 Å². The van der Waals surface area contributed by atoms with Crippen molar-refractivity contribution < 1.29 is 0 Å². The number of H-pyrrole nitrogens is 1. The van der Waals surface area contributed by atoms with Crippen LogP contribution < -0.4 is 5.32 Å². The van der Waals surface area contributed by atoms with Gasteiger partial charge in [-0.3, -0.25) is 0 Å². The van der Waals surface area contributed by atoms with E-state index in [1.807, 2.05) is 18.2 Å². The van der Waals surface area contributed by atoms with Crippen LogP contribution in [0.2, 0.25) is 0 Å². The standard InChI is InChI=1S/C13H17N3S.C8H18/c1-2-8-5-6-14-12(8)13-15-10-4-3-9(17)7-11(10)16-13;1-7(2,3)8(4,5)6/h3-4,7-8,12,14,17H,2,5-6H2,1H3,(H,15,16);1-6H3/t8-,12?;/m0./s1. The van der Waals surface area contributed by atoms with Crippen molar-refractivity contribution in [2.24, 2.45) is 16.7 Å². The molecule has 3 rings (SSSR count). The van der Waals surface area contributed by atoms with E-state index in [0.717, 1.165) is 28.3 Å². The molecule has 1 aliphatic rings. The lowest BCUT2D eigenvalue weighted by molar-refractivity contribution is 0.157. The summed E-state index contributed by atoms with van der Waals surface area (Å²) in [4.78, 5) is 9.07. The average Bonchev–Trinajstić information content (AvgIpc) is 3.10. The van der Waals surface area contributed by atoms with Gasteiger partial charge in [-0.1, -0.05) is 54.9 Å². The predicted molar refractivity (Wildman–Crippen MR) is 111 cm³/mol. The Morgan fingerprint density at radius 3 is 2.32 bits per heavy atom. The minimum Gasteiger partial charge on any atom is -0.341 e. The monoisotopic (exact) mass is 361 g/mol. The van der Waals surface area contributed by atoms with Gasteiger partial charge < -0.3 is 10.3 Å². The number of nitrogens with zero attached hydrogens (tertiary/aromatic N) is 1. The van der Waals surface area contributed by atoms with Gasteiger partial charge in [-0.25, -0.2) is 4.98 Å². The zero-order valence-electron chi connectivity index (χ0n) is 16.9. The zero-order valence-corrected chi connectivity index (χ0v) is 17.8. The Morgan fingerprint density at radius 1 is 1.12 bits per heavy atom. The van der Waals surface area contributed by atoms with Crippen molar-refractivity contribution in [2.75, 3.05) is 6.54 Å². The van der Waals surface area contributed by atoms with E-state index < -0.39 is 0 Å². The van der Waals surface area contributed by atoms with Gasteiger partial charge in [0.15, 0.2) is 0 Å². The van der Waals surface area contributed by atoms with Gasteiger partial charge in [-0.15, -0.1) is 12.6 Å². The van der Waals surface area contributed by atoms with Crippen LogP contribution in [0.5, 0.6) is 0 Å². The largest absolute Gasteiger partial charge is 0.341 e. The smallest absolute Gasteiger partial charge is 0.124 e. The molecule has 0 saturated carbocycles. The van der Waals surface area contributed by atoms with Crippen LogP contribution in [0.3, 0.4) is 0 Å². The fourth-order valence-electron chi connectivity index (χ4n) is 2.68. The molecule has 25 heavy (non-hydrogen) atoms. The second kappa shape index (κ2) is 7.71. The molecule has 1 aromatic heterocycles. The molecule has 1 aromatic carbocycles. The summed E-state index contributed by atoms with van der Waals surface area (Å²) in [6, 6.07) is 6.42. The molecule has 2 atom stereocenters. The van der Waals surface area contributed by atoms with Crippen LogP contribution in [0.1, 0.15) is 73.2 Å². The van der Waals surface area contributed by atoms with Crippen LogP contribution in [0.25, 0.3) is 11.0 Å². The second-order valence-corrected chi connectivity index (χ2v) is 9.73. The van der Waals surface area contributed by atoms with Gasteiger partial charge in [0.2, 0.25) is 0 Å². The third-order valence-corrected chi connectivity index (χ3v) is 6.18. The van der Waals surface area contributed by atoms with Gasteiger partial charge in [0.1, 0.15) is 5.82 Å². The maximum absolute atomic E-state index is 4.68. The first-order valence-electron chi connectivity index (χ1n) is 9.45. The molecule has 0 radical (unpaired) electrons. The summed E-state index contributed by atoms with van der Waals surface area (Å²) in [5.41, 5.74) is 2.98. The molecule has 0 amide bonds. The fraction of sp³-hybridized carbons (Fsp3) is 0.667. The summed E-state index contributed by atoms with van der Waals surface area (Å²) >= 11 is 4.35. The average molecular weight is 362 g/mol. The Morgan fingerprint density at radius 2 is 1.76 bits per heavy atom. The van der Waals surface area contributed by atoms with Crippen molar-refractivity contribution in [3.05, 3.63) is 24.0 Å². The molecule has 0 aliphatic carbocycles. The molecule has 0 spiro atoms. The van der Waals surface area contributed by atoms with Gasteiger partial charge in [-0.05, 0) is 47.9 Å². The summed E-state index contributed by atoms with van der Waals surface area (Å²) in [7, 11) is 0. The number of imidazole rings is 1. The molecule has 4 heteroatoms. The molecular formula is C21H35N3S. The van der Waals surface area contributed by atoms with Crippen molar-refractivity contribution in [1.82, 2.24) is 15.3 Å². The molecule has 0 bridgehead atoms. The van der Waals surface area contributed by atoms with Gasteiger partial charge in [-0.2, -0.15) is 0 Å². The van der Waals surface area contributed by atoms with Crippen molar-refractivity contribution >= 4 is 23.7 Å². The maximum atomic E-state index is 4.68. The number of aromatic amines is 1. The first-order chi connectivity index (χ1) is 11.5. The number of hydrogen-bond donors (Lipinski definition) is 3. The van der Waals surface area contributed by atoms with Crippen molar-refractivity contribution in [1.29, 1.82) is 0 Å². The molecule has 140 valence electrons. The Balaban J connectivity index is 0.000000242. The van der Waals surface area contributed by atoms with E-state index in [1.54, 1.807) is 0 Å². The van der Waals surface area contributed by atoms with Crippen LogP contribution in [0.15, 0.2) is 23.1 Å². The summed E-state index contributed by atoms with van der Waals surface area (Å²) in [5.74, 6) is 1.77. The van der Waals surface area contributed by atoms with Gasteiger partial charge in [0.25, 0.3) is 0 Å². The van der Waals surface area contributed by atoms with Crippen molar-refractivity contribution in [2.45, 2.75) is 72.2 Å². The number of benzene rings is 1. The SMILES string of the molecule is CC(C)(C)C(C)(C)C.CC[C@H]1CCNC1c1nc2ccc(S)cc2[nH]1. The van der Waals surface area contributed by atoms with Crippen molar-refractivity contribution in [3.8, 4) is 0 Å². The first-order valence-corrected chi connectivity index (χ1v) is 9.89. The topological polar surface area (TPSA) is 40.7 Å². The van der Waals surface area contributed by atoms with E-state index in [2.05, 4.69) is 76.4 Å². The minimum atomic E-state index is 0.385. The Bertz CT molecular complexity index is 679. The molecule has 2 heterocycles. The number of rotatable bonds is 2. The van der Waals surface area contributed by atoms with Gasteiger partial charge in [0.05, 0.1) is 17.1 Å². The first kappa shape index (κ1) is 20.3. The van der Waals surface area contributed by atoms with Crippen LogP contribution in [0.4, 0.5) is 0 Å². The molecular weight excluding hydrogens is 326 g/mol. The van der Waals surface area contributed by atoms with E-state index in [9.17, 15) is 0 Å². The highest BCUT2D eigenvalue weighted by atomic mass is 32.1. The minimum absolute atomic E-state index is 0.385. The number of fused-ring (bicyclic) bond motifs is 1. The maximum Gasteiger partial charge on any atom is 0.124 e. The summed E-state index contributed by atoms with van der Waals surface area (Å²) < 4.78 is 0. The van der Waals surface area contributed by atoms with Gasteiger partial charge in [0, 0.05) is 4.90 Å². The third-order valence-electron chi connectivity index (χ3n) is 5.90. The van der Waals surface area contributed by atoms with E-state index in [1.165, 1.54) is 12.8 Å². The fourth-order valence-corrected chi connectivity index (χ4v) is 2.89. The molecule has 2 N–H and O–H groups in total. The lowest BCUT2D eigenvalue weighted by Crippen LogP contribution is -2.25. The normalized spacial score (nSPS) is 21.3. The molecule has 1 saturated heterocycles. The van der Waals surface area contributed by atoms with E-state index >= 15 is 0 Å². The Hall–Kier alpha value is -1.00. The predicted octanol–water partition coefficient (Wildman–Crippen LogP) is 5.99. The molecule has 2 aromatic rings. The second-order valence-electron chi connectivity index (χ2n) is 9.21. The number of aromatic nitrogens is 2. The molecule has 1 aliphatic heterocycles. The van der Waals surface area contributed by atoms with E-state index in [0.29, 0.717) is 22.8 Å². The molecule has 1 unspecified atom stereocenters. The molecule has 3 nitrogen and oxygen atoms in total. The lowest BCUT2D eigenvalue weighted by Gasteiger charge is -2.34. The lowest BCUT2D eigenvalue weighted by atomic mass is 9.71. The third kappa shape index (κ3) is 5.01. The highest BCUT2D eigenvalue weighted by Gasteiger charge is 2.29. The molecule has 1 fully saturated rings. The van der Waals surface area contributed by atoms with Crippen LogP contribution >= 0.6 is 12.6 Å². The van der Waals surface area contributed by atoms with Crippen LogP contribution in [-0.2, 0) is 0 Å². The van der Waals surface area contributed by atoms with Crippen molar-refractivity contribution in [3.63, 3.8) is 0 Å². The van der Waals surface area contributed by atoms with E-state index in [4.69, 9.17) is 0 Å². The quantitative estimate of drug-likeness (QED) is 0.575. The highest BCUT2D eigenvalue weighted by Crippen LogP contribution is 2.36. The Kier molecular flexibility index (Phi) is 6.26. The highest BCUT2D eigenvalue weighted by molar-refractivity contribution is 7.80. The van der Waals surface area contributed by atoms with Gasteiger partial charge >= 0.3 is 0 Å². The summed E-state index contributed by atoms with van der Waals surface area (Å²) in [6.07, 6.45) is 2.45.